The fourth-order valence-corrected chi connectivity index (χ4v) is 2.81. The summed E-state index contributed by atoms with van der Waals surface area (Å²) in [4.78, 5) is 0. The molecule has 0 aromatic carbocycles. The van der Waals surface area contributed by atoms with Crippen LogP contribution in [0.25, 0.3) is 0 Å². The van der Waals surface area contributed by atoms with E-state index >= 15 is 0 Å². The average molecular weight is 225 g/mol. The Morgan fingerprint density at radius 2 is 2.20 bits per heavy atom. The van der Waals surface area contributed by atoms with E-state index in [9.17, 15) is 0 Å². The van der Waals surface area contributed by atoms with Crippen LogP contribution in [0.4, 0.5) is 0 Å². The van der Waals surface area contributed by atoms with Crippen molar-refractivity contribution < 1.29 is 0 Å². The number of rotatable bonds is 3. The molecule has 1 N–H and O–H groups in total. The van der Waals surface area contributed by atoms with Gasteiger partial charge in [-0.1, -0.05) is 20.8 Å². The van der Waals surface area contributed by atoms with Crippen molar-refractivity contribution in [2.45, 2.75) is 57.9 Å². The Morgan fingerprint density at radius 3 is 2.60 bits per heavy atom. The van der Waals surface area contributed by atoms with E-state index in [2.05, 4.69) is 35.5 Å². The zero-order valence-electron chi connectivity index (χ0n) is 9.71. The Balaban J connectivity index is 2.50. The third kappa shape index (κ3) is 1.55. The van der Waals surface area contributed by atoms with Crippen molar-refractivity contribution in [3.8, 4) is 0 Å². The summed E-state index contributed by atoms with van der Waals surface area (Å²) < 4.78 is 3.07. The molecule has 1 heterocycles. The molecule has 0 saturated heterocycles. The first-order valence-corrected chi connectivity index (χ1v) is 6.19. The maximum atomic E-state index is 5.35. The lowest BCUT2D eigenvalue weighted by Crippen LogP contribution is -2.41. The lowest BCUT2D eigenvalue weighted by atomic mass is 9.74. The van der Waals surface area contributed by atoms with E-state index in [-0.39, 0.29) is 5.54 Å². The van der Waals surface area contributed by atoms with Gasteiger partial charge in [-0.05, 0) is 37.9 Å². The van der Waals surface area contributed by atoms with Crippen LogP contribution in [0.15, 0.2) is 0 Å². The first kappa shape index (κ1) is 10.9. The summed E-state index contributed by atoms with van der Waals surface area (Å²) in [5.41, 5.74) is 0.268. The van der Waals surface area contributed by atoms with Gasteiger partial charge in [-0.15, -0.1) is 0 Å². The van der Waals surface area contributed by atoms with Crippen molar-refractivity contribution in [1.82, 2.24) is 14.8 Å². The molecule has 1 aliphatic carbocycles. The van der Waals surface area contributed by atoms with Crippen molar-refractivity contribution in [3.63, 3.8) is 0 Å². The van der Waals surface area contributed by atoms with Crippen LogP contribution in [0, 0.1) is 4.77 Å². The van der Waals surface area contributed by atoms with Crippen LogP contribution in [0.1, 0.15) is 58.2 Å². The van der Waals surface area contributed by atoms with Gasteiger partial charge in [0.25, 0.3) is 0 Å². The summed E-state index contributed by atoms with van der Waals surface area (Å²) in [5, 5.41) is 7.30. The lowest BCUT2D eigenvalue weighted by Gasteiger charge is -2.43. The molecule has 4 heteroatoms. The fourth-order valence-electron chi connectivity index (χ4n) is 2.48. The molecule has 3 nitrogen and oxygen atoms in total. The minimum absolute atomic E-state index is 0.268. The van der Waals surface area contributed by atoms with Crippen LogP contribution in [-0.4, -0.2) is 14.8 Å². The van der Waals surface area contributed by atoms with Gasteiger partial charge < -0.3 is 0 Å². The molecule has 1 aromatic rings. The van der Waals surface area contributed by atoms with E-state index in [1.54, 1.807) is 0 Å². The summed E-state index contributed by atoms with van der Waals surface area (Å²) in [5.74, 6) is 1.54. The quantitative estimate of drug-likeness (QED) is 0.800. The molecule has 0 aliphatic heterocycles. The highest BCUT2D eigenvalue weighted by Gasteiger charge is 2.39. The molecule has 0 radical (unpaired) electrons. The molecule has 2 rings (SSSR count). The predicted molar refractivity (Wildman–Crippen MR) is 63.6 cm³/mol. The molecule has 1 fully saturated rings. The first-order chi connectivity index (χ1) is 7.10. The minimum atomic E-state index is 0.268. The summed E-state index contributed by atoms with van der Waals surface area (Å²) in [6.45, 7) is 6.59. The van der Waals surface area contributed by atoms with Gasteiger partial charge >= 0.3 is 0 Å². The molecule has 1 aliphatic rings. The topological polar surface area (TPSA) is 33.6 Å². The number of aromatic amines is 1. The second-order valence-corrected chi connectivity index (χ2v) is 5.20. The smallest absolute Gasteiger partial charge is 0.195 e. The standard InChI is InChI=1S/C11H19N3S/c1-4-11(6-5-7-11)14-9(8(2)3)12-13-10(14)15/h8H,4-7H2,1-3H3,(H,13,15). The lowest BCUT2D eigenvalue weighted by molar-refractivity contribution is 0.128. The van der Waals surface area contributed by atoms with Gasteiger partial charge in [0.15, 0.2) is 4.77 Å². The molecule has 84 valence electrons. The zero-order chi connectivity index (χ0) is 11.1. The number of H-pyrrole nitrogens is 1. The molecule has 1 saturated carbocycles. The van der Waals surface area contributed by atoms with Crippen molar-refractivity contribution in [3.05, 3.63) is 10.6 Å². The SMILES string of the molecule is CCC1(n2c(C(C)C)n[nH]c2=S)CCC1. The van der Waals surface area contributed by atoms with Gasteiger partial charge in [0.05, 0.1) is 0 Å². The average Bonchev–Trinajstić information content (AvgIpc) is 2.48. The highest BCUT2D eigenvalue weighted by Crippen LogP contribution is 2.43. The number of nitrogens with zero attached hydrogens (tertiary/aromatic N) is 2. The van der Waals surface area contributed by atoms with E-state index in [4.69, 9.17) is 12.2 Å². The second-order valence-electron chi connectivity index (χ2n) is 4.81. The molecule has 0 bridgehead atoms. The monoisotopic (exact) mass is 225 g/mol. The fraction of sp³-hybridized carbons (Fsp3) is 0.818. The highest BCUT2D eigenvalue weighted by molar-refractivity contribution is 7.71. The maximum Gasteiger partial charge on any atom is 0.195 e. The molecule has 0 spiro atoms. The van der Waals surface area contributed by atoms with Crippen LogP contribution in [-0.2, 0) is 5.54 Å². The van der Waals surface area contributed by atoms with Gasteiger partial charge in [-0.2, -0.15) is 5.10 Å². The van der Waals surface area contributed by atoms with Crippen molar-refractivity contribution in [2.24, 2.45) is 0 Å². The Hall–Kier alpha value is -0.640. The van der Waals surface area contributed by atoms with Gasteiger partial charge in [-0.25, -0.2) is 0 Å². The maximum absolute atomic E-state index is 5.35. The summed E-state index contributed by atoms with van der Waals surface area (Å²) in [6.07, 6.45) is 4.97. The summed E-state index contributed by atoms with van der Waals surface area (Å²) in [6, 6.07) is 0. The van der Waals surface area contributed by atoms with Gasteiger partial charge in [0, 0.05) is 11.5 Å². The molecule has 0 atom stereocenters. The van der Waals surface area contributed by atoms with Crippen LogP contribution in [0.5, 0.6) is 0 Å². The van der Waals surface area contributed by atoms with Crippen LogP contribution < -0.4 is 0 Å². The van der Waals surface area contributed by atoms with Gasteiger partial charge in [0.1, 0.15) is 5.82 Å². The predicted octanol–water partition coefficient (Wildman–Crippen LogP) is 3.35. The van der Waals surface area contributed by atoms with Crippen molar-refractivity contribution in [1.29, 1.82) is 0 Å². The molecular weight excluding hydrogens is 206 g/mol. The van der Waals surface area contributed by atoms with Crippen molar-refractivity contribution in [2.75, 3.05) is 0 Å². The number of hydrogen-bond acceptors (Lipinski definition) is 2. The third-order valence-electron chi connectivity index (χ3n) is 3.63. The highest BCUT2D eigenvalue weighted by atomic mass is 32.1. The van der Waals surface area contributed by atoms with E-state index < -0.39 is 0 Å². The molecule has 15 heavy (non-hydrogen) atoms. The van der Waals surface area contributed by atoms with Crippen LogP contribution >= 0.6 is 12.2 Å². The van der Waals surface area contributed by atoms with E-state index in [0.29, 0.717) is 5.92 Å². The summed E-state index contributed by atoms with van der Waals surface area (Å²) in [7, 11) is 0. The molecule has 1 aromatic heterocycles. The number of nitrogens with one attached hydrogen (secondary N) is 1. The van der Waals surface area contributed by atoms with Crippen molar-refractivity contribution >= 4 is 12.2 Å². The van der Waals surface area contributed by atoms with E-state index in [1.807, 2.05) is 0 Å². The Morgan fingerprint density at radius 1 is 1.53 bits per heavy atom. The largest absolute Gasteiger partial charge is 0.298 e. The number of hydrogen-bond donors (Lipinski definition) is 1. The Bertz CT molecular complexity index is 393. The molecule has 0 amide bonds. The van der Waals surface area contributed by atoms with E-state index in [1.165, 1.54) is 19.3 Å². The zero-order valence-corrected chi connectivity index (χ0v) is 10.5. The normalized spacial score (nSPS) is 19.2. The van der Waals surface area contributed by atoms with Crippen LogP contribution in [0.3, 0.4) is 0 Å². The Kier molecular flexibility index (Phi) is 2.71. The molecular formula is C11H19N3S. The third-order valence-corrected chi connectivity index (χ3v) is 3.91. The summed E-state index contributed by atoms with van der Waals surface area (Å²) >= 11 is 5.35. The number of aromatic nitrogens is 3. The molecule has 0 unspecified atom stereocenters. The van der Waals surface area contributed by atoms with Gasteiger partial charge in [0.2, 0.25) is 0 Å². The second kappa shape index (κ2) is 3.74. The van der Waals surface area contributed by atoms with Gasteiger partial charge in [-0.3, -0.25) is 9.67 Å². The minimum Gasteiger partial charge on any atom is -0.298 e. The van der Waals surface area contributed by atoms with Crippen LogP contribution in [0.2, 0.25) is 0 Å². The first-order valence-electron chi connectivity index (χ1n) is 5.78. The van der Waals surface area contributed by atoms with E-state index in [0.717, 1.165) is 17.0 Å². The Labute approximate surface area is 95.9 Å².